The second-order valence-corrected chi connectivity index (χ2v) is 6.43. The van der Waals surface area contributed by atoms with Gasteiger partial charge in [0.05, 0.1) is 0 Å². The van der Waals surface area contributed by atoms with E-state index in [2.05, 4.69) is 43.3 Å². The third-order valence-corrected chi connectivity index (χ3v) is 4.57. The van der Waals surface area contributed by atoms with Gasteiger partial charge in [-0.3, -0.25) is 4.79 Å². The summed E-state index contributed by atoms with van der Waals surface area (Å²) in [5, 5.41) is 2.04. The molecule has 0 unspecified atom stereocenters. The maximum Gasteiger partial charge on any atom is 0.185 e. The topological polar surface area (TPSA) is 17.1 Å². The van der Waals surface area contributed by atoms with Gasteiger partial charge in [-0.05, 0) is 55.3 Å². The van der Waals surface area contributed by atoms with Gasteiger partial charge in [-0.15, -0.1) is 11.3 Å². The average Bonchev–Trinajstić information content (AvgIpc) is 2.99. The van der Waals surface area contributed by atoms with Gasteiger partial charge in [-0.1, -0.05) is 35.9 Å². The van der Waals surface area contributed by atoms with Gasteiger partial charge in [-0.2, -0.15) is 0 Å². The van der Waals surface area contributed by atoms with E-state index in [0.717, 1.165) is 40.8 Å². The van der Waals surface area contributed by atoms with Gasteiger partial charge < -0.3 is 0 Å². The Morgan fingerprint density at radius 3 is 2.38 bits per heavy atom. The van der Waals surface area contributed by atoms with Crippen LogP contribution in [0, 0.1) is 6.92 Å². The number of allylic oxidation sites excluding steroid dienone is 2. The quantitative estimate of drug-likeness (QED) is 0.689. The van der Waals surface area contributed by atoms with Crippen molar-refractivity contribution in [1.82, 2.24) is 0 Å². The fraction of sp³-hybridized carbons (Fsp3) is 0.211. The first-order chi connectivity index (χ1) is 10.2. The maximum absolute atomic E-state index is 12.6. The highest BCUT2D eigenvalue weighted by atomic mass is 32.1. The first kappa shape index (κ1) is 14.0. The number of carbonyl (C=O) groups is 1. The van der Waals surface area contributed by atoms with Crippen molar-refractivity contribution in [2.45, 2.75) is 26.2 Å². The van der Waals surface area contributed by atoms with Crippen LogP contribution < -0.4 is 0 Å². The lowest BCUT2D eigenvalue weighted by atomic mass is 9.87. The number of hydrogen-bond acceptors (Lipinski definition) is 2. The molecule has 1 aromatic heterocycles. The molecule has 3 rings (SSSR count). The molecule has 0 saturated heterocycles. The molecule has 0 aliphatic heterocycles. The molecule has 0 radical (unpaired) electrons. The van der Waals surface area contributed by atoms with E-state index in [1.54, 1.807) is 11.3 Å². The van der Waals surface area contributed by atoms with Crippen molar-refractivity contribution in [1.29, 1.82) is 0 Å². The second-order valence-electron chi connectivity index (χ2n) is 5.45. The number of rotatable bonds is 2. The molecular weight excluding hydrogens is 276 g/mol. The molecule has 0 N–H and O–H groups in total. The molecule has 106 valence electrons. The smallest absolute Gasteiger partial charge is 0.185 e. The lowest BCUT2D eigenvalue weighted by molar-refractivity contribution is -0.112. The Labute approximate surface area is 129 Å². The van der Waals surface area contributed by atoms with E-state index in [0.29, 0.717) is 0 Å². The van der Waals surface area contributed by atoms with E-state index < -0.39 is 0 Å². The van der Waals surface area contributed by atoms with Crippen molar-refractivity contribution in [2.24, 2.45) is 0 Å². The van der Waals surface area contributed by atoms with Crippen molar-refractivity contribution in [3.63, 3.8) is 0 Å². The number of hydrogen-bond donors (Lipinski definition) is 0. The summed E-state index contributed by atoms with van der Waals surface area (Å²) in [5.74, 6) is 0.218. The Morgan fingerprint density at radius 2 is 1.71 bits per heavy atom. The highest BCUT2D eigenvalue weighted by molar-refractivity contribution is 7.10. The minimum Gasteiger partial charge on any atom is -0.289 e. The maximum atomic E-state index is 12.6. The van der Waals surface area contributed by atoms with Crippen LogP contribution in [0.1, 0.15) is 35.3 Å². The molecular formula is C19H18OS. The van der Waals surface area contributed by atoms with E-state index in [9.17, 15) is 4.79 Å². The second kappa shape index (κ2) is 6.23. The van der Waals surface area contributed by atoms with Crippen molar-refractivity contribution in [3.05, 3.63) is 68.9 Å². The van der Waals surface area contributed by atoms with E-state index in [-0.39, 0.29) is 5.78 Å². The number of ketones is 1. The summed E-state index contributed by atoms with van der Waals surface area (Å²) < 4.78 is 0. The number of aryl methyl sites for hydroxylation is 1. The monoisotopic (exact) mass is 294 g/mol. The van der Waals surface area contributed by atoms with Crippen LogP contribution in [-0.4, -0.2) is 5.78 Å². The van der Waals surface area contributed by atoms with Gasteiger partial charge in [0.15, 0.2) is 5.78 Å². The van der Waals surface area contributed by atoms with Crippen molar-refractivity contribution < 1.29 is 4.79 Å². The van der Waals surface area contributed by atoms with Gasteiger partial charge in [0.1, 0.15) is 0 Å². The summed E-state index contributed by atoms with van der Waals surface area (Å²) in [7, 11) is 0. The number of carbonyl (C=O) groups excluding carboxylic acids is 1. The zero-order chi connectivity index (χ0) is 14.7. The fourth-order valence-corrected chi connectivity index (χ4v) is 3.27. The molecule has 1 fully saturated rings. The molecule has 0 atom stereocenters. The van der Waals surface area contributed by atoms with Gasteiger partial charge >= 0.3 is 0 Å². The SMILES string of the molecule is Cc1ccc(/C=C2\CCC/C(=C/c3cccs3)C2=O)cc1. The Morgan fingerprint density at radius 1 is 1.00 bits per heavy atom. The third kappa shape index (κ3) is 3.40. The van der Waals surface area contributed by atoms with Crippen LogP contribution in [0.3, 0.4) is 0 Å². The molecule has 0 spiro atoms. The molecule has 2 heteroatoms. The first-order valence-electron chi connectivity index (χ1n) is 7.28. The first-order valence-corrected chi connectivity index (χ1v) is 8.16. The third-order valence-electron chi connectivity index (χ3n) is 3.75. The Bertz CT molecular complexity index is 688. The molecule has 1 heterocycles. The molecule has 1 aliphatic rings. The molecule has 1 aliphatic carbocycles. The number of Topliss-reactive ketones (excluding diaryl/α,β-unsaturated/α-hetero) is 1. The Hall–Kier alpha value is -1.93. The molecule has 0 bridgehead atoms. The van der Waals surface area contributed by atoms with Crippen LogP contribution in [0.25, 0.3) is 12.2 Å². The van der Waals surface area contributed by atoms with Gasteiger partial charge in [0.25, 0.3) is 0 Å². The fourth-order valence-electron chi connectivity index (χ4n) is 2.59. The molecule has 2 aromatic rings. The Balaban J connectivity index is 1.86. The highest BCUT2D eigenvalue weighted by Crippen LogP contribution is 2.28. The predicted octanol–water partition coefficient (Wildman–Crippen LogP) is 5.28. The summed E-state index contributed by atoms with van der Waals surface area (Å²) in [5.41, 5.74) is 4.24. The largest absolute Gasteiger partial charge is 0.289 e. The van der Waals surface area contributed by atoms with Crippen molar-refractivity contribution >= 4 is 29.3 Å². The zero-order valence-electron chi connectivity index (χ0n) is 12.1. The van der Waals surface area contributed by atoms with Crippen molar-refractivity contribution in [2.75, 3.05) is 0 Å². The van der Waals surface area contributed by atoms with E-state index >= 15 is 0 Å². The van der Waals surface area contributed by atoms with Crippen LogP contribution >= 0.6 is 11.3 Å². The van der Waals surface area contributed by atoms with E-state index in [1.165, 1.54) is 5.56 Å². The summed E-state index contributed by atoms with van der Waals surface area (Å²) >= 11 is 1.68. The summed E-state index contributed by atoms with van der Waals surface area (Å²) in [6, 6.07) is 12.4. The molecule has 21 heavy (non-hydrogen) atoms. The average molecular weight is 294 g/mol. The van der Waals surface area contributed by atoms with Crippen LogP contribution in [0.15, 0.2) is 52.9 Å². The van der Waals surface area contributed by atoms with Gasteiger partial charge in [0.2, 0.25) is 0 Å². The van der Waals surface area contributed by atoms with Crippen LogP contribution in [0.5, 0.6) is 0 Å². The van der Waals surface area contributed by atoms with Crippen LogP contribution in [0.2, 0.25) is 0 Å². The summed E-state index contributed by atoms with van der Waals surface area (Å²) in [6.45, 7) is 2.07. The zero-order valence-corrected chi connectivity index (χ0v) is 13.0. The standard InChI is InChI=1S/C19H18OS/c1-14-7-9-15(10-8-14)12-16-4-2-5-17(19(16)20)13-18-6-3-11-21-18/h3,6-13H,2,4-5H2,1H3/b16-12+,17-13-. The minimum absolute atomic E-state index is 0.218. The number of thiophene rings is 1. The van der Waals surface area contributed by atoms with Gasteiger partial charge in [-0.25, -0.2) is 0 Å². The number of benzene rings is 1. The molecule has 1 saturated carbocycles. The minimum atomic E-state index is 0.218. The normalized spacial score (nSPS) is 19.4. The van der Waals surface area contributed by atoms with Crippen molar-refractivity contribution in [3.8, 4) is 0 Å². The predicted molar refractivity (Wildman–Crippen MR) is 90.3 cm³/mol. The Kier molecular flexibility index (Phi) is 4.16. The van der Waals surface area contributed by atoms with E-state index in [4.69, 9.17) is 0 Å². The molecule has 0 amide bonds. The molecule has 1 nitrogen and oxygen atoms in total. The highest BCUT2D eigenvalue weighted by Gasteiger charge is 2.20. The van der Waals surface area contributed by atoms with Crippen LogP contribution in [-0.2, 0) is 4.79 Å². The van der Waals surface area contributed by atoms with Gasteiger partial charge in [0, 0.05) is 16.0 Å². The van der Waals surface area contributed by atoms with E-state index in [1.807, 2.05) is 17.5 Å². The summed E-state index contributed by atoms with van der Waals surface area (Å²) in [6.07, 6.45) is 6.93. The molecule has 1 aromatic carbocycles. The lowest BCUT2D eigenvalue weighted by Gasteiger charge is -2.16. The summed E-state index contributed by atoms with van der Waals surface area (Å²) in [4.78, 5) is 13.8. The lowest BCUT2D eigenvalue weighted by Crippen LogP contribution is -2.12. The van der Waals surface area contributed by atoms with Crippen LogP contribution in [0.4, 0.5) is 0 Å².